The molecule has 0 bridgehead atoms. The molecule has 1 aliphatic heterocycles. The molecule has 1 saturated heterocycles. The lowest BCUT2D eigenvalue weighted by molar-refractivity contribution is -0.153. The highest BCUT2D eigenvalue weighted by Crippen LogP contribution is 2.41. The van der Waals surface area contributed by atoms with Crippen molar-refractivity contribution in [1.29, 1.82) is 0 Å². The van der Waals surface area contributed by atoms with E-state index < -0.39 is 6.04 Å². The maximum absolute atomic E-state index is 12.1. The molecule has 24 heavy (non-hydrogen) atoms. The molecule has 0 amide bonds. The molecule has 1 aliphatic carbocycles. The van der Waals surface area contributed by atoms with Gasteiger partial charge in [0.15, 0.2) is 0 Å². The van der Waals surface area contributed by atoms with E-state index in [2.05, 4.69) is 37.3 Å². The Kier molecular flexibility index (Phi) is 7.12. The Morgan fingerprint density at radius 3 is 2.50 bits per heavy atom. The van der Waals surface area contributed by atoms with Gasteiger partial charge in [0.25, 0.3) is 0 Å². The van der Waals surface area contributed by atoms with E-state index >= 15 is 0 Å². The second-order valence-corrected chi connectivity index (χ2v) is 7.47. The van der Waals surface area contributed by atoms with Gasteiger partial charge in [0.2, 0.25) is 0 Å². The summed E-state index contributed by atoms with van der Waals surface area (Å²) in [4.78, 5) is 12.1. The van der Waals surface area contributed by atoms with Gasteiger partial charge in [0, 0.05) is 5.92 Å². The molecular weight excluding hydrogens is 322 g/mol. The Morgan fingerprint density at radius 1 is 1.12 bits per heavy atom. The van der Waals surface area contributed by atoms with Crippen LogP contribution < -0.4 is 5.73 Å². The van der Waals surface area contributed by atoms with E-state index in [1.54, 1.807) is 0 Å². The van der Waals surface area contributed by atoms with Crippen molar-refractivity contribution < 1.29 is 9.53 Å². The van der Waals surface area contributed by atoms with Crippen LogP contribution in [0.4, 0.5) is 0 Å². The number of cyclic esters (lactones) is 1. The molecule has 1 aromatic rings. The third kappa shape index (κ3) is 5.22. The van der Waals surface area contributed by atoms with Crippen LogP contribution in [0.25, 0.3) is 0 Å². The van der Waals surface area contributed by atoms with Gasteiger partial charge in [0.05, 0.1) is 0 Å². The van der Waals surface area contributed by atoms with Gasteiger partial charge in [-0.05, 0) is 50.0 Å². The second kappa shape index (κ2) is 8.87. The first kappa shape index (κ1) is 19.3. The molecule has 1 saturated carbocycles. The van der Waals surface area contributed by atoms with Gasteiger partial charge < -0.3 is 10.5 Å². The normalized spacial score (nSPS) is 31.2. The van der Waals surface area contributed by atoms with Gasteiger partial charge in [-0.1, -0.05) is 49.6 Å². The Hall–Kier alpha value is -1.06. The van der Waals surface area contributed by atoms with Gasteiger partial charge in [-0.15, -0.1) is 12.4 Å². The number of rotatable bonds is 4. The van der Waals surface area contributed by atoms with E-state index in [0.717, 1.165) is 25.2 Å². The van der Waals surface area contributed by atoms with Crippen LogP contribution in [0.1, 0.15) is 51.0 Å². The zero-order valence-corrected chi connectivity index (χ0v) is 15.3. The number of ether oxygens (including phenoxy) is 1. The zero-order valence-electron chi connectivity index (χ0n) is 14.5. The molecule has 4 atom stereocenters. The Labute approximate surface area is 151 Å². The van der Waals surface area contributed by atoms with Crippen molar-refractivity contribution in [2.75, 3.05) is 0 Å². The lowest BCUT2D eigenvalue weighted by Crippen LogP contribution is -2.37. The maximum Gasteiger partial charge on any atom is 0.323 e. The zero-order chi connectivity index (χ0) is 16.2. The number of esters is 1. The van der Waals surface area contributed by atoms with Crippen LogP contribution in [0.5, 0.6) is 0 Å². The number of hydrogen-bond donors (Lipinski definition) is 1. The molecular formula is C20H30ClNO2. The number of benzene rings is 1. The summed E-state index contributed by atoms with van der Waals surface area (Å²) in [6.07, 6.45) is 7.93. The highest BCUT2D eigenvalue weighted by molar-refractivity contribution is 5.85. The van der Waals surface area contributed by atoms with Crippen LogP contribution in [-0.4, -0.2) is 18.1 Å². The summed E-state index contributed by atoms with van der Waals surface area (Å²) in [5.74, 6) is 1.71. The number of carbonyl (C=O) groups is 1. The van der Waals surface area contributed by atoms with Crippen molar-refractivity contribution in [1.82, 2.24) is 0 Å². The summed E-state index contributed by atoms with van der Waals surface area (Å²) in [5.41, 5.74) is 7.30. The topological polar surface area (TPSA) is 52.3 Å². The van der Waals surface area contributed by atoms with Crippen molar-refractivity contribution in [2.45, 2.75) is 64.0 Å². The number of nitrogens with two attached hydrogens (primary N) is 1. The van der Waals surface area contributed by atoms with Crippen molar-refractivity contribution >= 4 is 18.4 Å². The van der Waals surface area contributed by atoms with E-state index in [-0.39, 0.29) is 24.5 Å². The summed E-state index contributed by atoms with van der Waals surface area (Å²) >= 11 is 0. The fraction of sp³-hybridized carbons (Fsp3) is 0.650. The van der Waals surface area contributed by atoms with Crippen LogP contribution in [0, 0.1) is 17.8 Å². The number of hydrogen-bond acceptors (Lipinski definition) is 3. The molecule has 134 valence electrons. The fourth-order valence-corrected chi connectivity index (χ4v) is 3.97. The second-order valence-electron chi connectivity index (χ2n) is 7.47. The molecule has 2 aliphatic rings. The predicted molar refractivity (Wildman–Crippen MR) is 99.1 cm³/mol. The van der Waals surface area contributed by atoms with Crippen molar-refractivity contribution in [2.24, 2.45) is 23.5 Å². The lowest BCUT2D eigenvalue weighted by Gasteiger charge is -2.31. The molecule has 4 heteroatoms. The van der Waals surface area contributed by atoms with E-state index in [0.29, 0.717) is 11.8 Å². The highest BCUT2D eigenvalue weighted by atomic mass is 35.5. The van der Waals surface area contributed by atoms with Crippen LogP contribution in [0.15, 0.2) is 30.3 Å². The number of carbonyl (C=O) groups excluding carboxylic acids is 1. The minimum atomic E-state index is -0.450. The standard InChI is InChI=1S/C20H29NO2.ClH/c1-14-18(13-15-6-3-2-4-7-15)17(12-16-10-11-16)8-5-9-19(21)20(22)23-14;/h2-4,6-7,14,16-19H,5,8-13,21H2,1H3;1H/t14-,17+,18-,19-;/m0./s1. The maximum atomic E-state index is 12.1. The summed E-state index contributed by atoms with van der Waals surface area (Å²) in [7, 11) is 0. The first-order chi connectivity index (χ1) is 11.1. The quantitative estimate of drug-likeness (QED) is 0.830. The molecule has 0 spiro atoms. The monoisotopic (exact) mass is 351 g/mol. The minimum absolute atomic E-state index is 0. The molecule has 0 unspecified atom stereocenters. The summed E-state index contributed by atoms with van der Waals surface area (Å²) in [6, 6.07) is 10.1. The van der Waals surface area contributed by atoms with Crippen LogP contribution in [0.3, 0.4) is 0 Å². The first-order valence-electron chi connectivity index (χ1n) is 9.13. The summed E-state index contributed by atoms with van der Waals surface area (Å²) < 4.78 is 5.74. The van der Waals surface area contributed by atoms with Gasteiger partial charge in [0.1, 0.15) is 12.1 Å². The molecule has 0 radical (unpaired) electrons. The largest absolute Gasteiger partial charge is 0.461 e. The molecule has 3 rings (SSSR count). The van der Waals surface area contributed by atoms with Gasteiger partial charge in [-0.3, -0.25) is 4.79 Å². The average molecular weight is 352 g/mol. The third-order valence-corrected chi connectivity index (χ3v) is 5.55. The van der Waals surface area contributed by atoms with Gasteiger partial charge >= 0.3 is 5.97 Å². The number of halogens is 1. The molecule has 2 N–H and O–H groups in total. The van der Waals surface area contributed by atoms with E-state index in [4.69, 9.17) is 10.5 Å². The lowest BCUT2D eigenvalue weighted by atomic mass is 9.77. The fourth-order valence-electron chi connectivity index (χ4n) is 3.97. The molecule has 2 fully saturated rings. The van der Waals surface area contributed by atoms with Crippen molar-refractivity contribution in [3.05, 3.63) is 35.9 Å². The molecule has 1 heterocycles. The first-order valence-corrected chi connectivity index (χ1v) is 9.13. The van der Waals surface area contributed by atoms with Crippen LogP contribution in [0.2, 0.25) is 0 Å². The molecule has 1 aromatic carbocycles. The Morgan fingerprint density at radius 2 is 1.83 bits per heavy atom. The highest BCUT2D eigenvalue weighted by Gasteiger charge is 2.35. The summed E-state index contributed by atoms with van der Waals surface area (Å²) in [5, 5.41) is 0. The minimum Gasteiger partial charge on any atom is -0.461 e. The third-order valence-electron chi connectivity index (χ3n) is 5.55. The Balaban J connectivity index is 0.00000208. The van der Waals surface area contributed by atoms with Crippen molar-refractivity contribution in [3.63, 3.8) is 0 Å². The Bertz CT molecular complexity index is 518. The smallest absolute Gasteiger partial charge is 0.323 e. The van der Waals surface area contributed by atoms with Gasteiger partial charge in [-0.25, -0.2) is 0 Å². The van der Waals surface area contributed by atoms with E-state index in [9.17, 15) is 4.79 Å². The SMILES string of the molecule is C[C@@H]1OC(=O)[C@@H](N)CCC[C@H](CC2CC2)[C@H]1Cc1ccccc1.Cl. The van der Waals surface area contributed by atoms with E-state index in [1.165, 1.54) is 31.2 Å². The predicted octanol–water partition coefficient (Wildman–Crippen LogP) is 4.13. The van der Waals surface area contributed by atoms with Gasteiger partial charge in [-0.2, -0.15) is 0 Å². The van der Waals surface area contributed by atoms with E-state index in [1.807, 2.05) is 0 Å². The van der Waals surface area contributed by atoms with Crippen molar-refractivity contribution in [3.8, 4) is 0 Å². The average Bonchev–Trinajstić information content (AvgIpc) is 3.35. The summed E-state index contributed by atoms with van der Waals surface area (Å²) in [6.45, 7) is 2.06. The molecule has 3 nitrogen and oxygen atoms in total. The molecule has 0 aromatic heterocycles. The van der Waals surface area contributed by atoms with Crippen LogP contribution >= 0.6 is 12.4 Å². The van der Waals surface area contributed by atoms with Crippen LogP contribution in [-0.2, 0) is 16.0 Å².